The van der Waals surface area contributed by atoms with Gasteiger partial charge in [-0.15, -0.1) is 0 Å². The number of aromatic nitrogens is 2. The first-order valence-corrected chi connectivity index (χ1v) is 5.08. The van der Waals surface area contributed by atoms with Crippen LogP contribution < -0.4 is 0 Å². The Kier molecular flexibility index (Phi) is 4.60. The second-order valence-corrected chi connectivity index (χ2v) is 3.71. The molecule has 68 valence electrons. The Morgan fingerprint density at radius 1 is 1.58 bits per heavy atom. The van der Waals surface area contributed by atoms with Crippen LogP contribution in [-0.4, -0.2) is 23.5 Å². The topological polar surface area (TPSA) is 27.1 Å². The lowest BCUT2D eigenvalue weighted by atomic mass is 10.3. The first kappa shape index (κ1) is 9.98. The molecule has 0 saturated heterocycles. The predicted octanol–water partition coefficient (Wildman–Crippen LogP) is 1.91. The molecular weight excluding hydrogens is 267 g/mol. The molecule has 3 nitrogen and oxygen atoms in total. The maximum atomic E-state index is 4.95. The van der Waals surface area contributed by atoms with Crippen molar-refractivity contribution in [2.24, 2.45) is 0 Å². The van der Waals surface area contributed by atoms with E-state index in [1.807, 2.05) is 16.9 Å². The number of hydrogen-bond donors (Lipinski definition) is 0. The van der Waals surface area contributed by atoms with Crippen LogP contribution in [0.15, 0.2) is 12.3 Å². The minimum atomic E-state index is 0.846. The molecule has 0 saturated carbocycles. The number of methoxy groups -OCH3 is 1. The Balaban J connectivity index is 2.15. The highest BCUT2D eigenvalue weighted by Gasteiger charge is 1.93. The molecule has 1 aromatic heterocycles. The second kappa shape index (κ2) is 5.53. The fourth-order valence-electron chi connectivity index (χ4n) is 0.982. The van der Waals surface area contributed by atoms with Gasteiger partial charge in [0.25, 0.3) is 0 Å². The minimum Gasteiger partial charge on any atom is -0.385 e. The number of rotatable bonds is 5. The molecule has 4 heteroatoms. The lowest BCUT2D eigenvalue weighted by Gasteiger charge is -2.00. The molecule has 0 amide bonds. The lowest BCUT2D eigenvalue weighted by Crippen LogP contribution is -2.00. The minimum absolute atomic E-state index is 0.846. The van der Waals surface area contributed by atoms with Crippen LogP contribution in [0.2, 0.25) is 0 Å². The largest absolute Gasteiger partial charge is 0.385 e. The Bertz CT molecular complexity index is 225. The summed E-state index contributed by atoms with van der Waals surface area (Å²) < 4.78 is 7.98. The number of unbranched alkanes of at least 4 members (excludes halogenated alkanes) is 1. The third-order valence-electron chi connectivity index (χ3n) is 1.59. The van der Waals surface area contributed by atoms with Crippen LogP contribution in [0.3, 0.4) is 0 Å². The molecule has 0 atom stereocenters. The average Bonchev–Trinajstić information content (AvgIpc) is 2.45. The molecule has 0 radical (unpaired) electrons. The van der Waals surface area contributed by atoms with Crippen LogP contribution in [-0.2, 0) is 11.3 Å². The molecule has 0 spiro atoms. The summed E-state index contributed by atoms with van der Waals surface area (Å²) in [5.74, 6) is 0. The zero-order chi connectivity index (χ0) is 8.81. The summed E-state index contributed by atoms with van der Waals surface area (Å²) in [5.41, 5.74) is 0. The van der Waals surface area contributed by atoms with Gasteiger partial charge in [0.15, 0.2) is 0 Å². The van der Waals surface area contributed by atoms with Gasteiger partial charge in [-0.05, 0) is 41.5 Å². The number of halogens is 1. The van der Waals surface area contributed by atoms with Crippen molar-refractivity contribution >= 4 is 22.6 Å². The number of hydrogen-bond acceptors (Lipinski definition) is 2. The first-order valence-electron chi connectivity index (χ1n) is 4.01. The Hall–Kier alpha value is -0.100. The van der Waals surface area contributed by atoms with E-state index in [1.54, 1.807) is 7.11 Å². The van der Waals surface area contributed by atoms with E-state index in [-0.39, 0.29) is 0 Å². The van der Waals surface area contributed by atoms with Crippen molar-refractivity contribution in [2.75, 3.05) is 13.7 Å². The zero-order valence-electron chi connectivity index (χ0n) is 7.16. The van der Waals surface area contributed by atoms with Gasteiger partial charge in [0, 0.05) is 26.5 Å². The van der Waals surface area contributed by atoms with Crippen LogP contribution in [0, 0.1) is 3.70 Å². The molecule has 1 rings (SSSR count). The van der Waals surface area contributed by atoms with Crippen LogP contribution in [0.4, 0.5) is 0 Å². The molecule has 0 aromatic carbocycles. The number of aryl methyl sites for hydroxylation is 1. The normalized spacial score (nSPS) is 10.5. The van der Waals surface area contributed by atoms with Gasteiger partial charge in [-0.25, -0.2) is 0 Å². The van der Waals surface area contributed by atoms with Gasteiger partial charge in [0.1, 0.15) is 3.70 Å². The van der Waals surface area contributed by atoms with Crippen LogP contribution in [0.25, 0.3) is 0 Å². The van der Waals surface area contributed by atoms with Gasteiger partial charge in [-0.1, -0.05) is 0 Å². The van der Waals surface area contributed by atoms with Crippen molar-refractivity contribution in [1.82, 2.24) is 9.78 Å². The Labute approximate surface area is 86.2 Å². The van der Waals surface area contributed by atoms with Gasteiger partial charge in [0.05, 0.1) is 0 Å². The van der Waals surface area contributed by atoms with Crippen molar-refractivity contribution in [1.29, 1.82) is 0 Å². The van der Waals surface area contributed by atoms with E-state index in [2.05, 4.69) is 27.7 Å². The molecule has 0 fully saturated rings. The third-order valence-corrected chi connectivity index (χ3v) is 2.17. The zero-order valence-corrected chi connectivity index (χ0v) is 9.32. The fourth-order valence-corrected chi connectivity index (χ4v) is 1.42. The van der Waals surface area contributed by atoms with E-state index in [0.29, 0.717) is 0 Å². The lowest BCUT2D eigenvalue weighted by molar-refractivity contribution is 0.191. The molecule has 0 aliphatic rings. The van der Waals surface area contributed by atoms with Gasteiger partial charge in [0.2, 0.25) is 0 Å². The highest BCUT2D eigenvalue weighted by Crippen LogP contribution is 2.00. The summed E-state index contributed by atoms with van der Waals surface area (Å²) >= 11 is 2.21. The molecule has 12 heavy (non-hydrogen) atoms. The third kappa shape index (κ3) is 3.53. The second-order valence-electron chi connectivity index (χ2n) is 2.60. The average molecular weight is 280 g/mol. The Morgan fingerprint density at radius 2 is 2.42 bits per heavy atom. The van der Waals surface area contributed by atoms with Crippen molar-refractivity contribution in [2.45, 2.75) is 19.4 Å². The van der Waals surface area contributed by atoms with Crippen molar-refractivity contribution < 1.29 is 4.74 Å². The van der Waals surface area contributed by atoms with Crippen LogP contribution in [0.5, 0.6) is 0 Å². The van der Waals surface area contributed by atoms with E-state index in [4.69, 9.17) is 4.74 Å². The van der Waals surface area contributed by atoms with Gasteiger partial charge >= 0.3 is 0 Å². The van der Waals surface area contributed by atoms with E-state index >= 15 is 0 Å². The van der Waals surface area contributed by atoms with Crippen LogP contribution in [0.1, 0.15) is 12.8 Å². The smallest absolute Gasteiger partial charge is 0.123 e. The molecule has 1 aromatic rings. The van der Waals surface area contributed by atoms with Crippen molar-refractivity contribution in [3.8, 4) is 0 Å². The SMILES string of the molecule is COCCCCn1ccc(I)n1. The van der Waals surface area contributed by atoms with E-state index < -0.39 is 0 Å². The van der Waals surface area contributed by atoms with E-state index in [1.165, 1.54) is 0 Å². The fraction of sp³-hybridized carbons (Fsp3) is 0.625. The molecule has 0 unspecified atom stereocenters. The molecule has 0 aliphatic heterocycles. The number of ether oxygens (including phenoxy) is 1. The van der Waals surface area contributed by atoms with Crippen molar-refractivity contribution in [3.05, 3.63) is 16.0 Å². The molecule has 0 aliphatic carbocycles. The summed E-state index contributed by atoms with van der Waals surface area (Å²) in [6.45, 7) is 1.84. The van der Waals surface area contributed by atoms with Gasteiger partial charge < -0.3 is 4.74 Å². The molecule has 1 heterocycles. The predicted molar refractivity (Wildman–Crippen MR) is 56.1 cm³/mol. The Morgan fingerprint density at radius 3 is 3.00 bits per heavy atom. The van der Waals surface area contributed by atoms with Crippen molar-refractivity contribution in [3.63, 3.8) is 0 Å². The summed E-state index contributed by atoms with van der Waals surface area (Å²) in [7, 11) is 1.73. The number of nitrogens with zero attached hydrogens (tertiary/aromatic N) is 2. The summed E-state index contributed by atoms with van der Waals surface area (Å²) in [5, 5.41) is 4.27. The summed E-state index contributed by atoms with van der Waals surface area (Å²) in [4.78, 5) is 0. The van der Waals surface area contributed by atoms with E-state index in [0.717, 1.165) is 29.7 Å². The maximum absolute atomic E-state index is 4.95. The molecular formula is C8H13IN2O. The monoisotopic (exact) mass is 280 g/mol. The quantitative estimate of drug-likeness (QED) is 0.608. The van der Waals surface area contributed by atoms with Gasteiger partial charge in [-0.3, -0.25) is 4.68 Å². The first-order chi connectivity index (χ1) is 5.83. The molecule has 0 bridgehead atoms. The van der Waals surface area contributed by atoms with Crippen LogP contribution >= 0.6 is 22.6 Å². The summed E-state index contributed by atoms with van der Waals surface area (Å²) in [6, 6.07) is 2.01. The highest BCUT2D eigenvalue weighted by atomic mass is 127. The van der Waals surface area contributed by atoms with E-state index in [9.17, 15) is 0 Å². The van der Waals surface area contributed by atoms with Gasteiger partial charge in [-0.2, -0.15) is 5.10 Å². The molecule has 0 N–H and O–H groups in total. The summed E-state index contributed by atoms with van der Waals surface area (Å²) in [6.07, 6.45) is 4.24. The highest BCUT2D eigenvalue weighted by molar-refractivity contribution is 14.1. The standard InChI is InChI=1S/C8H13IN2O/c1-12-7-3-2-5-11-6-4-8(9)10-11/h4,6H,2-3,5,7H2,1H3. The maximum Gasteiger partial charge on any atom is 0.123 e.